The first kappa shape index (κ1) is 26.3. The van der Waals surface area contributed by atoms with Crippen molar-refractivity contribution in [2.45, 2.75) is 36.4 Å². The van der Waals surface area contributed by atoms with Crippen LogP contribution in [0.15, 0.2) is 64.6 Å². The van der Waals surface area contributed by atoms with Crippen LogP contribution in [0.5, 0.6) is 0 Å². The van der Waals surface area contributed by atoms with Crippen LogP contribution in [0.25, 0.3) is 11.4 Å². The third-order valence-electron chi connectivity index (χ3n) is 6.24. The molecule has 0 aliphatic carbocycles. The van der Waals surface area contributed by atoms with Gasteiger partial charge in [-0.05, 0) is 37.6 Å². The molecule has 9 nitrogen and oxygen atoms in total. The van der Waals surface area contributed by atoms with Crippen molar-refractivity contribution in [3.63, 3.8) is 0 Å². The van der Waals surface area contributed by atoms with Gasteiger partial charge in [-0.15, -0.1) is 10.2 Å². The molecule has 1 aromatic heterocycles. The minimum absolute atomic E-state index is 0.0509. The molecule has 0 spiro atoms. The van der Waals surface area contributed by atoms with Gasteiger partial charge in [0.05, 0.1) is 23.9 Å². The summed E-state index contributed by atoms with van der Waals surface area (Å²) in [4.78, 5) is 14.7. The fourth-order valence-corrected chi connectivity index (χ4v) is 6.31. The molecule has 1 aliphatic rings. The molecule has 3 aromatic rings. The van der Waals surface area contributed by atoms with Crippen molar-refractivity contribution in [2.75, 3.05) is 44.0 Å². The first-order chi connectivity index (χ1) is 17.3. The molecule has 4 rings (SSSR count). The highest BCUT2D eigenvalue weighted by molar-refractivity contribution is 7.99. The Morgan fingerprint density at radius 1 is 1.11 bits per heavy atom. The molecular weight excluding hydrogens is 498 g/mol. The highest BCUT2D eigenvalue weighted by Gasteiger charge is 2.27. The van der Waals surface area contributed by atoms with E-state index < -0.39 is 10.0 Å². The topological polar surface area (TPSA) is 97.6 Å². The number of rotatable bonds is 9. The van der Waals surface area contributed by atoms with E-state index in [1.165, 1.54) is 16.1 Å². The number of aromatic nitrogens is 3. The Hall–Kier alpha value is -2.73. The van der Waals surface area contributed by atoms with Gasteiger partial charge in [-0.25, -0.2) is 8.42 Å². The number of ether oxygens (including phenoxy) is 1. The smallest absolute Gasteiger partial charge is 0.243 e. The van der Waals surface area contributed by atoms with E-state index in [0.717, 1.165) is 12.1 Å². The molecule has 1 saturated heterocycles. The van der Waals surface area contributed by atoms with Crippen LogP contribution in [-0.4, -0.2) is 72.5 Å². The largest absolute Gasteiger partial charge is 0.379 e. The highest BCUT2D eigenvalue weighted by atomic mass is 32.2. The Balaban J connectivity index is 1.59. The Labute approximate surface area is 216 Å². The summed E-state index contributed by atoms with van der Waals surface area (Å²) in [5.41, 5.74) is 1.49. The molecule has 2 aromatic carbocycles. The summed E-state index contributed by atoms with van der Waals surface area (Å²) in [6.07, 6.45) is 0.822. The van der Waals surface area contributed by atoms with Gasteiger partial charge in [0.15, 0.2) is 11.0 Å². The number of carbonyl (C=O) groups is 1. The lowest BCUT2D eigenvalue weighted by atomic mass is 10.2. The lowest BCUT2D eigenvalue weighted by Crippen LogP contribution is -2.40. The molecule has 1 fully saturated rings. The number of hydrogen-bond acceptors (Lipinski definition) is 7. The van der Waals surface area contributed by atoms with Crippen LogP contribution in [0.1, 0.15) is 26.3 Å². The molecule has 1 atom stereocenters. The van der Waals surface area contributed by atoms with E-state index in [0.29, 0.717) is 42.8 Å². The number of thioether (sulfide) groups is 1. The summed E-state index contributed by atoms with van der Waals surface area (Å²) in [7, 11) is -1.89. The van der Waals surface area contributed by atoms with Crippen molar-refractivity contribution in [3.05, 3.63) is 54.6 Å². The van der Waals surface area contributed by atoms with Crippen molar-refractivity contribution in [2.24, 2.45) is 0 Å². The summed E-state index contributed by atoms with van der Waals surface area (Å²) in [6.45, 7) is 5.57. The van der Waals surface area contributed by atoms with Crippen LogP contribution in [0, 0.1) is 0 Å². The number of morpholine rings is 1. The fraction of sp³-hybridized carbons (Fsp3) is 0.400. The third-order valence-corrected chi connectivity index (χ3v) is 9.06. The Morgan fingerprint density at radius 2 is 1.83 bits per heavy atom. The van der Waals surface area contributed by atoms with Crippen molar-refractivity contribution < 1.29 is 17.9 Å². The molecule has 0 radical (unpaired) electrons. The Morgan fingerprint density at radius 3 is 2.53 bits per heavy atom. The minimum atomic E-state index is -3.64. The van der Waals surface area contributed by atoms with Crippen LogP contribution in [0.2, 0.25) is 0 Å². The Kier molecular flexibility index (Phi) is 8.45. The highest BCUT2D eigenvalue weighted by Crippen LogP contribution is 2.31. The van der Waals surface area contributed by atoms with Gasteiger partial charge in [-0.2, -0.15) is 4.31 Å². The van der Waals surface area contributed by atoms with Crippen LogP contribution >= 0.6 is 11.8 Å². The molecule has 36 heavy (non-hydrogen) atoms. The van der Waals surface area contributed by atoms with Crippen molar-refractivity contribution in [3.8, 4) is 11.4 Å². The Bertz CT molecular complexity index is 1290. The average molecular weight is 530 g/mol. The third kappa shape index (κ3) is 5.64. The van der Waals surface area contributed by atoms with E-state index in [1.54, 1.807) is 30.1 Å². The second-order valence-electron chi connectivity index (χ2n) is 8.55. The van der Waals surface area contributed by atoms with Gasteiger partial charge in [0.25, 0.3) is 0 Å². The van der Waals surface area contributed by atoms with Crippen LogP contribution in [0.4, 0.5) is 5.69 Å². The van der Waals surface area contributed by atoms with E-state index in [9.17, 15) is 13.2 Å². The lowest BCUT2D eigenvalue weighted by molar-refractivity contribution is -0.115. The quantitative estimate of drug-likeness (QED) is 0.390. The predicted molar refractivity (Wildman–Crippen MR) is 141 cm³/mol. The number of carbonyl (C=O) groups excluding carboxylic acids is 1. The van der Waals surface area contributed by atoms with E-state index in [-0.39, 0.29) is 22.6 Å². The monoisotopic (exact) mass is 529 g/mol. The van der Waals surface area contributed by atoms with E-state index in [2.05, 4.69) is 24.0 Å². The second-order valence-corrected chi connectivity index (χ2v) is 11.4. The molecule has 2 heterocycles. The summed E-state index contributed by atoms with van der Waals surface area (Å²) in [6, 6.07) is 16.3. The number of sulfonamides is 1. The molecule has 11 heteroatoms. The van der Waals surface area contributed by atoms with Crippen LogP contribution < -0.4 is 4.90 Å². The summed E-state index contributed by atoms with van der Waals surface area (Å²) in [5, 5.41) is 9.41. The van der Waals surface area contributed by atoms with Gasteiger partial charge in [0, 0.05) is 37.4 Å². The number of nitrogens with zero attached hydrogens (tertiary/aromatic N) is 5. The standard InChI is InChI=1S/C25H31N5O4S2/c1-4-19(2)30-24(20-9-8-12-22(17-20)36(32,33)29-13-15-34-16-14-29)26-27-25(30)35-18-23(31)28(3)21-10-6-5-7-11-21/h5-12,17,19H,4,13-16,18H2,1-3H3/t19-/m1/s1. The number of hydrogen-bond donors (Lipinski definition) is 0. The van der Waals surface area contributed by atoms with Gasteiger partial charge in [0.1, 0.15) is 0 Å². The summed E-state index contributed by atoms with van der Waals surface area (Å²) < 4.78 is 35.1. The van der Waals surface area contributed by atoms with E-state index >= 15 is 0 Å². The first-order valence-corrected chi connectivity index (χ1v) is 14.3. The molecule has 0 N–H and O–H groups in total. The molecule has 192 valence electrons. The zero-order valence-electron chi connectivity index (χ0n) is 20.7. The van der Waals surface area contributed by atoms with E-state index in [4.69, 9.17) is 4.74 Å². The number of amides is 1. The maximum Gasteiger partial charge on any atom is 0.243 e. The van der Waals surface area contributed by atoms with Crippen molar-refractivity contribution >= 4 is 33.4 Å². The van der Waals surface area contributed by atoms with Gasteiger partial charge < -0.3 is 9.64 Å². The SMILES string of the molecule is CC[C@@H](C)n1c(SCC(=O)N(C)c2ccccc2)nnc1-c1cccc(S(=O)(=O)N2CCOCC2)c1. The van der Waals surface area contributed by atoms with Gasteiger partial charge in [-0.3, -0.25) is 9.36 Å². The minimum Gasteiger partial charge on any atom is -0.379 e. The molecule has 0 unspecified atom stereocenters. The molecule has 1 aliphatic heterocycles. The number of benzene rings is 2. The number of para-hydroxylation sites is 1. The molecule has 0 saturated carbocycles. The van der Waals surface area contributed by atoms with Gasteiger partial charge in [-0.1, -0.05) is 49.0 Å². The zero-order chi connectivity index (χ0) is 25.7. The van der Waals surface area contributed by atoms with Crippen molar-refractivity contribution in [1.29, 1.82) is 0 Å². The molecule has 0 bridgehead atoms. The van der Waals surface area contributed by atoms with Crippen molar-refractivity contribution in [1.82, 2.24) is 19.1 Å². The van der Waals surface area contributed by atoms with E-state index in [1.807, 2.05) is 41.0 Å². The molecule has 1 amide bonds. The second kappa shape index (κ2) is 11.5. The lowest BCUT2D eigenvalue weighted by Gasteiger charge is -2.26. The fourth-order valence-electron chi connectivity index (χ4n) is 3.90. The maximum absolute atomic E-state index is 13.2. The number of anilines is 1. The average Bonchev–Trinajstić information content (AvgIpc) is 3.36. The predicted octanol–water partition coefficient (Wildman–Crippen LogP) is 3.69. The maximum atomic E-state index is 13.2. The zero-order valence-corrected chi connectivity index (χ0v) is 22.3. The van der Waals surface area contributed by atoms with Gasteiger partial charge >= 0.3 is 0 Å². The first-order valence-electron chi connectivity index (χ1n) is 11.9. The normalized spacial score (nSPS) is 15.5. The summed E-state index contributed by atoms with van der Waals surface area (Å²) in [5.74, 6) is 0.727. The van der Waals surface area contributed by atoms with Crippen LogP contribution in [0.3, 0.4) is 0 Å². The summed E-state index contributed by atoms with van der Waals surface area (Å²) >= 11 is 1.33. The molecular formula is C25H31N5O4S2. The van der Waals surface area contributed by atoms with Crippen LogP contribution in [-0.2, 0) is 19.6 Å². The van der Waals surface area contributed by atoms with Gasteiger partial charge in [0.2, 0.25) is 15.9 Å².